The van der Waals surface area contributed by atoms with Gasteiger partial charge in [0.15, 0.2) is 29.0 Å². The first-order chi connectivity index (χ1) is 14.9. The fourth-order valence-electron chi connectivity index (χ4n) is 2.69. The number of nitrogens with one attached hydrogen (secondary N) is 1. The lowest BCUT2D eigenvalue weighted by Crippen LogP contribution is -2.21. The van der Waals surface area contributed by atoms with E-state index in [1.807, 2.05) is 6.92 Å². The van der Waals surface area contributed by atoms with E-state index in [1.54, 1.807) is 24.3 Å². The number of carbonyl (C=O) groups excluding carboxylic acids is 1. The van der Waals surface area contributed by atoms with Gasteiger partial charge in [0.2, 0.25) is 0 Å². The Morgan fingerprint density at radius 3 is 2.09 bits per heavy atom. The zero-order chi connectivity index (χ0) is 23.8. The molecule has 32 heavy (non-hydrogen) atoms. The minimum Gasteiger partial charge on any atom is -0.489 e. The molecule has 1 N–H and O–H groups in total. The third-order valence-electron chi connectivity index (χ3n) is 4.39. The minimum atomic E-state index is -5.71. The zero-order valence-corrected chi connectivity index (χ0v) is 16.3. The van der Waals surface area contributed by atoms with Crippen LogP contribution in [0.1, 0.15) is 32.9 Å². The normalized spacial score (nSPS) is 11.5. The van der Waals surface area contributed by atoms with Gasteiger partial charge in [0.1, 0.15) is 29.4 Å². The molecule has 3 aromatic rings. The van der Waals surface area contributed by atoms with Crippen LogP contribution in [0.4, 0.5) is 36.4 Å². The maximum Gasteiger partial charge on any atom is 0.422 e. The summed E-state index contributed by atoms with van der Waals surface area (Å²) in [6, 6.07) is 6.78. The summed E-state index contributed by atoms with van der Waals surface area (Å²) in [4.78, 5) is 12.4. The standard InChI is InChI=1S/C20H13F7N2O3/c1-8-3-5-10(6-4-8)31-7-11-9(2)32-29-17(11)19(30)28-18-15(23)13(21)12(20(25,26)27)14(22)16(18)24/h3-6H,7H2,1-2H3,(H,28,30). The number of hydrogen-bond acceptors (Lipinski definition) is 4. The summed E-state index contributed by atoms with van der Waals surface area (Å²) < 4.78 is 104. The lowest BCUT2D eigenvalue weighted by molar-refractivity contribution is -0.143. The van der Waals surface area contributed by atoms with E-state index in [4.69, 9.17) is 9.26 Å². The molecule has 2 aromatic carbocycles. The topological polar surface area (TPSA) is 64.4 Å². The highest BCUT2D eigenvalue weighted by Gasteiger charge is 2.42. The number of amides is 1. The second kappa shape index (κ2) is 8.52. The minimum absolute atomic E-state index is 0.0387. The van der Waals surface area contributed by atoms with E-state index in [0.717, 1.165) is 5.56 Å². The average molecular weight is 462 g/mol. The molecule has 1 amide bonds. The van der Waals surface area contributed by atoms with Crippen LogP contribution >= 0.6 is 0 Å². The number of hydrogen-bond donors (Lipinski definition) is 1. The van der Waals surface area contributed by atoms with Gasteiger partial charge in [-0.1, -0.05) is 22.9 Å². The van der Waals surface area contributed by atoms with E-state index in [0.29, 0.717) is 5.75 Å². The molecule has 1 heterocycles. The number of aryl methyl sites for hydroxylation is 2. The fourth-order valence-corrected chi connectivity index (χ4v) is 2.69. The SMILES string of the molecule is Cc1ccc(OCc2c(C(=O)Nc3c(F)c(F)c(C(F)(F)F)c(F)c3F)noc2C)cc1. The number of ether oxygens (including phenoxy) is 1. The van der Waals surface area contributed by atoms with Gasteiger partial charge in [-0.15, -0.1) is 0 Å². The maximum absolute atomic E-state index is 14.1. The Hall–Kier alpha value is -3.57. The molecule has 0 atom stereocenters. The highest BCUT2D eigenvalue weighted by Crippen LogP contribution is 2.38. The Balaban J connectivity index is 1.89. The molecule has 0 spiro atoms. The van der Waals surface area contributed by atoms with Crippen molar-refractivity contribution in [3.63, 3.8) is 0 Å². The van der Waals surface area contributed by atoms with E-state index < -0.39 is 52.3 Å². The quantitative estimate of drug-likeness (QED) is 0.391. The lowest BCUT2D eigenvalue weighted by Gasteiger charge is -2.14. The number of nitrogens with zero attached hydrogens (tertiary/aromatic N) is 1. The summed E-state index contributed by atoms with van der Waals surface area (Å²) in [7, 11) is 0. The zero-order valence-electron chi connectivity index (χ0n) is 16.3. The van der Waals surface area contributed by atoms with Crippen molar-refractivity contribution in [2.75, 3.05) is 5.32 Å². The van der Waals surface area contributed by atoms with Crippen molar-refractivity contribution in [2.45, 2.75) is 26.6 Å². The van der Waals surface area contributed by atoms with Crippen LogP contribution in [-0.4, -0.2) is 11.1 Å². The molecule has 0 aliphatic heterocycles. The van der Waals surface area contributed by atoms with Crippen LogP contribution in [0.15, 0.2) is 28.8 Å². The largest absolute Gasteiger partial charge is 0.489 e. The molecule has 0 saturated heterocycles. The molecule has 0 aliphatic carbocycles. The van der Waals surface area contributed by atoms with E-state index in [2.05, 4.69) is 5.16 Å². The van der Waals surface area contributed by atoms with Gasteiger partial charge in [0.25, 0.3) is 5.91 Å². The van der Waals surface area contributed by atoms with Gasteiger partial charge in [-0.05, 0) is 26.0 Å². The van der Waals surface area contributed by atoms with Crippen LogP contribution in [-0.2, 0) is 12.8 Å². The molecule has 0 saturated carbocycles. The Morgan fingerprint density at radius 1 is 1.00 bits per heavy atom. The summed E-state index contributed by atoms with van der Waals surface area (Å²) in [5.41, 5.74) is -4.05. The lowest BCUT2D eigenvalue weighted by atomic mass is 10.1. The van der Waals surface area contributed by atoms with Crippen LogP contribution in [0, 0.1) is 37.1 Å². The van der Waals surface area contributed by atoms with Crippen LogP contribution < -0.4 is 10.1 Å². The number of anilines is 1. The fraction of sp³-hybridized carbons (Fsp3) is 0.200. The van der Waals surface area contributed by atoms with Crippen molar-refractivity contribution in [1.29, 1.82) is 0 Å². The van der Waals surface area contributed by atoms with Crippen molar-refractivity contribution in [2.24, 2.45) is 0 Å². The Labute approximate surface area is 175 Å². The third-order valence-corrected chi connectivity index (χ3v) is 4.39. The maximum atomic E-state index is 14.1. The van der Waals surface area contributed by atoms with E-state index >= 15 is 0 Å². The molecule has 3 rings (SSSR count). The second-order valence-electron chi connectivity index (χ2n) is 6.63. The number of carbonyl (C=O) groups is 1. The van der Waals surface area contributed by atoms with Gasteiger partial charge in [-0.25, -0.2) is 17.6 Å². The van der Waals surface area contributed by atoms with E-state index in [9.17, 15) is 35.5 Å². The first kappa shape index (κ1) is 23.1. The molecule has 0 unspecified atom stereocenters. The van der Waals surface area contributed by atoms with Crippen molar-refractivity contribution in [3.8, 4) is 5.75 Å². The molecule has 1 aromatic heterocycles. The predicted octanol–water partition coefficient (Wildman–Crippen LogP) is 5.70. The highest BCUT2D eigenvalue weighted by molar-refractivity contribution is 6.04. The number of halogens is 7. The number of aromatic nitrogens is 1. The smallest absolute Gasteiger partial charge is 0.422 e. The van der Waals surface area contributed by atoms with Crippen LogP contribution in [0.25, 0.3) is 0 Å². The first-order valence-corrected chi connectivity index (χ1v) is 8.81. The monoisotopic (exact) mass is 462 g/mol. The summed E-state index contributed by atoms with van der Waals surface area (Å²) >= 11 is 0. The summed E-state index contributed by atoms with van der Waals surface area (Å²) in [5.74, 6) is -11.2. The summed E-state index contributed by atoms with van der Waals surface area (Å²) in [5, 5.41) is 4.92. The van der Waals surface area contributed by atoms with E-state index in [-0.39, 0.29) is 17.9 Å². The van der Waals surface area contributed by atoms with Crippen LogP contribution in [0.3, 0.4) is 0 Å². The third kappa shape index (κ3) is 4.39. The van der Waals surface area contributed by atoms with Gasteiger partial charge in [-0.3, -0.25) is 4.79 Å². The number of rotatable bonds is 5. The number of alkyl halides is 3. The van der Waals surface area contributed by atoms with Crippen molar-refractivity contribution in [1.82, 2.24) is 5.16 Å². The van der Waals surface area contributed by atoms with E-state index in [1.165, 1.54) is 12.2 Å². The molecule has 0 radical (unpaired) electrons. The molecule has 0 aliphatic rings. The summed E-state index contributed by atoms with van der Waals surface area (Å²) in [6.07, 6.45) is -5.71. The van der Waals surface area contributed by atoms with Crippen LogP contribution in [0.5, 0.6) is 5.75 Å². The van der Waals surface area contributed by atoms with Gasteiger partial charge in [0.05, 0.1) is 5.56 Å². The average Bonchev–Trinajstić information content (AvgIpc) is 3.09. The molecule has 5 nitrogen and oxygen atoms in total. The van der Waals surface area contributed by atoms with Gasteiger partial charge >= 0.3 is 6.18 Å². The van der Waals surface area contributed by atoms with Crippen molar-refractivity contribution >= 4 is 11.6 Å². The molecule has 170 valence electrons. The van der Waals surface area contributed by atoms with Crippen LogP contribution in [0.2, 0.25) is 0 Å². The van der Waals surface area contributed by atoms with Gasteiger partial charge in [-0.2, -0.15) is 13.2 Å². The highest BCUT2D eigenvalue weighted by atomic mass is 19.4. The van der Waals surface area contributed by atoms with Gasteiger partial charge in [0, 0.05) is 0 Å². The molecule has 0 bridgehead atoms. The summed E-state index contributed by atoms with van der Waals surface area (Å²) in [6.45, 7) is 2.97. The first-order valence-electron chi connectivity index (χ1n) is 8.81. The predicted molar refractivity (Wildman–Crippen MR) is 96.0 cm³/mol. The van der Waals surface area contributed by atoms with Crippen molar-refractivity contribution < 1.29 is 44.8 Å². The number of benzene rings is 2. The Morgan fingerprint density at radius 2 is 1.56 bits per heavy atom. The Bertz CT molecular complexity index is 1140. The molecule has 0 fully saturated rings. The van der Waals surface area contributed by atoms with Crippen molar-refractivity contribution in [3.05, 3.63) is 75.7 Å². The molecule has 12 heteroatoms. The second-order valence-corrected chi connectivity index (χ2v) is 6.63. The molecular formula is C20H13F7N2O3. The molecular weight excluding hydrogens is 449 g/mol. The van der Waals surface area contributed by atoms with Gasteiger partial charge < -0.3 is 14.6 Å². The Kier molecular flexibility index (Phi) is 6.15.